The number of carbonyl (C=O) groups is 1. The third kappa shape index (κ3) is 2.72. The number of ether oxygens (including phenoxy) is 2. The zero-order valence-corrected chi connectivity index (χ0v) is 10.9. The van der Waals surface area contributed by atoms with Crippen LogP contribution in [0.1, 0.15) is 37.1 Å². The minimum absolute atomic E-state index is 0.328. The van der Waals surface area contributed by atoms with Crippen molar-refractivity contribution < 1.29 is 23.8 Å². The third-order valence-electron chi connectivity index (χ3n) is 2.85. The molecule has 1 aromatic rings. The molecule has 0 saturated heterocycles. The summed E-state index contributed by atoms with van der Waals surface area (Å²) in [5.41, 5.74) is 0.807. The van der Waals surface area contributed by atoms with Gasteiger partial charge in [-0.15, -0.1) is 0 Å². The van der Waals surface area contributed by atoms with E-state index >= 15 is 0 Å². The molecular weight excluding hydrogens is 239 g/mol. The van der Waals surface area contributed by atoms with Gasteiger partial charge >= 0.3 is 5.97 Å². The number of alkyl halides is 1. The minimum atomic E-state index is -1.22. The van der Waals surface area contributed by atoms with Crippen LogP contribution in [0.5, 0.6) is 11.5 Å². The van der Waals surface area contributed by atoms with Gasteiger partial charge in [-0.2, -0.15) is 0 Å². The maximum absolute atomic E-state index is 13.4. The topological polar surface area (TPSA) is 55.8 Å². The number of rotatable bonds is 5. The SMILES string of the molecule is COc1cc(C(C)C(=O)O)c(OC)cc1C(C)F. The van der Waals surface area contributed by atoms with E-state index in [0.717, 1.165) is 0 Å². The molecule has 4 nitrogen and oxygen atoms in total. The Labute approximate surface area is 105 Å². The standard InChI is InChI=1S/C13H17FO4/c1-7(13(15)16)9-5-12(18-4)10(8(2)14)6-11(9)17-3/h5-8H,1-4H3,(H,15,16). The molecule has 0 spiro atoms. The van der Waals surface area contributed by atoms with Gasteiger partial charge in [0, 0.05) is 11.1 Å². The van der Waals surface area contributed by atoms with Crippen LogP contribution < -0.4 is 9.47 Å². The Morgan fingerprint density at radius 1 is 1.17 bits per heavy atom. The fraction of sp³-hybridized carbons (Fsp3) is 0.462. The number of halogens is 1. The number of hydrogen-bond donors (Lipinski definition) is 1. The second-order valence-corrected chi connectivity index (χ2v) is 4.01. The lowest BCUT2D eigenvalue weighted by molar-refractivity contribution is -0.138. The van der Waals surface area contributed by atoms with Gasteiger partial charge in [-0.25, -0.2) is 4.39 Å². The lowest BCUT2D eigenvalue weighted by atomic mass is 9.96. The second-order valence-electron chi connectivity index (χ2n) is 4.01. The number of benzene rings is 1. The van der Waals surface area contributed by atoms with Crippen LogP contribution in [0.3, 0.4) is 0 Å². The van der Waals surface area contributed by atoms with Crippen molar-refractivity contribution in [3.05, 3.63) is 23.3 Å². The monoisotopic (exact) mass is 256 g/mol. The Kier molecular flexibility index (Phi) is 4.53. The normalized spacial score (nSPS) is 13.8. The highest BCUT2D eigenvalue weighted by Crippen LogP contribution is 2.37. The second kappa shape index (κ2) is 5.71. The van der Waals surface area contributed by atoms with E-state index in [9.17, 15) is 9.18 Å². The first-order valence-electron chi connectivity index (χ1n) is 5.55. The summed E-state index contributed by atoms with van der Waals surface area (Å²) in [6.45, 7) is 2.93. The van der Waals surface area contributed by atoms with Crippen LogP contribution in [0, 0.1) is 0 Å². The summed E-state index contributed by atoms with van der Waals surface area (Å²) in [5.74, 6) is -1.05. The number of aliphatic carboxylic acids is 1. The molecule has 2 unspecified atom stereocenters. The maximum atomic E-state index is 13.4. The first-order chi connectivity index (χ1) is 8.42. The molecule has 0 heterocycles. The van der Waals surface area contributed by atoms with E-state index in [-0.39, 0.29) is 0 Å². The molecule has 2 atom stereocenters. The van der Waals surface area contributed by atoms with E-state index in [1.54, 1.807) is 0 Å². The van der Waals surface area contributed by atoms with Crippen molar-refractivity contribution in [2.45, 2.75) is 25.9 Å². The molecular formula is C13H17FO4. The molecule has 0 amide bonds. The predicted octanol–water partition coefficient (Wildman–Crippen LogP) is 2.92. The van der Waals surface area contributed by atoms with Gasteiger partial charge in [0.15, 0.2) is 0 Å². The Balaban J connectivity index is 3.39. The molecule has 0 fully saturated rings. The highest BCUT2D eigenvalue weighted by molar-refractivity contribution is 5.77. The summed E-state index contributed by atoms with van der Waals surface area (Å²) >= 11 is 0. The van der Waals surface area contributed by atoms with Crippen molar-refractivity contribution >= 4 is 5.97 Å². The molecule has 0 aromatic heterocycles. The minimum Gasteiger partial charge on any atom is -0.496 e. The van der Waals surface area contributed by atoms with Gasteiger partial charge in [0.2, 0.25) is 0 Å². The van der Waals surface area contributed by atoms with Crippen molar-refractivity contribution in [3.8, 4) is 11.5 Å². The number of carboxylic acid groups (broad SMARTS) is 1. The highest BCUT2D eigenvalue weighted by atomic mass is 19.1. The molecule has 0 aliphatic heterocycles. The summed E-state index contributed by atoms with van der Waals surface area (Å²) < 4.78 is 23.6. The van der Waals surface area contributed by atoms with Gasteiger partial charge in [0.1, 0.15) is 17.7 Å². The molecule has 0 saturated carbocycles. The Bertz CT molecular complexity index is 443. The molecule has 1 rings (SSSR count). The largest absolute Gasteiger partial charge is 0.496 e. The molecule has 0 aliphatic carbocycles. The number of hydrogen-bond acceptors (Lipinski definition) is 3. The summed E-state index contributed by atoms with van der Waals surface area (Å²) in [4.78, 5) is 11.0. The average molecular weight is 256 g/mol. The smallest absolute Gasteiger partial charge is 0.310 e. The molecule has 0 aliphatic rings. The van der Waals surface area contributed by atoms with Gasteiger partial charge in [0.05, 0.1) is 20.1 Å². The Morgan fingerprint density at radius 2 is 1.61 bits per heavy atom. The van der Waals surface area contributed by atoms with Crippen molar-refractivity contribution in [2.24, 2.45) is 0 Å². The Morgan fingerprint density at radius 3 is 2.00 bits per heavy atom. The van der Waals surface area contributed by atoms with Gasteiger partial charge in [0.25, 0.3) is 0 Å². The summed E-state index contributed by atoms with van der Waals surface area (Å²) in [5, 5.41) is 9.03. The lowest BCUT2D eigenvalue weighted by Gasteiger charge is -2.17. The first-order valence-corrected chi connectivity index (χ1v) is 5.55. The van der Waals surface area contributed by atoms with Gasteiger partial charge in [-0.1, -0.05) is 0 Å². The van der Waals surface area contributed by atoms with Crippen molar-refractivity contribution in [1.82, 2.24) is 0 Å². The Hall–Kier alpha value is -1.78. The predicted molar refractivity (Wildman–Crippen MR) is 65.1 cm³/mol. The van der Waals surface area contributed by atoms with E-state index in [1.807, 2.05) is 0 Å². The quantitative estimate of drug-likeness (QED) is 0.880. The van der Waals surface area contributed by atoms with Gasteiger partial charge in [-0.05, 0) is 26.0 Å². The maximum Gasteiger partial charge on any atom is 0.310 e. The molecule has 1 aromatic carbocycles. The average Bonchev–Trinajstić information content (AvgIpc) is 2.35. The van der Waals surface area contributed by atoms with Crippen LogP contribution in [0.4, 0.5) is 4.39 Å². The first kappa shape index (κ1) is 14.3. The van der Waals surface area contributed by atoms with Crippen molar-refractivity contribution in [3.63, 3.8) is 0 Å². The van der Waals surface area contributed by atoms with Gasteiger partial charge in [-0.3, -0.25) is 4.79 Å². The van der Waals surface area contributed by atoms with Crippen molar-refractivity contribution in [2.75, 3.05) is 14.2 Å². The summed E-state index contributed by atoms with van der Waals surface area (Å²) in [7, 11) is 2.84. The number of methoxy groups -OCH3 is 2. The summed E-state index contributed by atoms with van der Waals surface area (Å²) in [6.07, 6.45) is -1.22. The molecule has 0 radical (unpaired) electrons. The van der Waals surface area contributed by atoms with Crippen LogP contribution in [0.25, 0.3) is 0 Å². The van der Waals surface area contributed by atoms with E-state index in [2.05, 4.69) is 0 Å². The van der Waals surface area contributed by atoms with Crippen LogP contribution in [-0.4, -0.2) is 25.3 Å². The van der Waals surface area contributed by atoms with E-state index in [0.29, 0.717) is 22.6 Å². The molecule has 1 N–H and O–H groups in total. The van der Waals surface area contributed by atoms with E-state index in [1.165, 1.54) is 40.2 Å². The molecule has 18 heavy (non-hydrogen) atoms. The number of carboxylic acids is 1. The zero-order chi connectivity index (χ0) is 13.9. The summed E-state index contributed by atoms with van der Waals surface area (Å²) in [6, 6.07) is 3.00. The zero-order valence-electron chi connectivity index (χ0n) is 10.9. The van der Waals surface area contributed by atoms with Crippen LogP contribution in [0.2, 0.25) is 0 Å². The van der Waals surface area contributed by atoms with Crippen LogP contribution in [-0.2, 0) is 4.79 Å². The van der Waals surface area contributed by atoms with E-state index in [4.69, 9.17) is 14.6 Å². The fourth-order valence-electron chi connectivity index (χ4n) is 1.73. The molecule has 5 heteroatoms. The van der Waals surface area contributed by atoms with E-state index < -0.39 is 18.1 Å². The van der Waals surface area contributed by atoms with Gasteiger partial charge < -0.3 is 14.6 Å². The lowest BCUT2D eigenvalue weighted by Crippen LogP contribution is -2.10. The molecule has 0 bridgehead atoms. The highest BCUT2D eigenvalue weighted by Gasteiger charge is 2.22. The fourth-order valence-corrected chi connectivity index (χ4v) is 1.73. The van der Waals surface area contributed by atoms with Crippen LogP contribution >= 0.6 is 0 Å². The van der Waals surface area contributed by atoms with Crippen molar-refractivity contribution in [1.29, 1.82) is 0 Å². The molecule has 100 valence electrons. The van der Waals surface area contributed by atoms with Crippen LogP contribution in [0.15, 0.2) is 12.1 Å². The third-order valence-corrected chi connectivity index (χ3v) is 2.85.